The van der Waals surface area contributed by atoms with Gasteiger partial charge in [-0.2, -0.15) is 5.10 Å². The normalized spacial score (nSPS) is 13.7. The Morgan fingerprint density at radius 3 is 2.29 bits per heavy atom. The number of fused-ring (bicyclic) bond motifs is 8. The number of para-hydroxylation sites is 2. The Morgan fingerprint density at radius 1 is 0.610 bits per heavy atom. The monoisotopic (exact) mass is 526 g/mol. The van der Waals surface area contributed by atoms with E-state index >= 15 is 0 Å². The molecular weight excluding hydrogens is 500 g/mol. The summed E-state index contributed by atoms with van der Waals surface area (Å²) in [5.74, 6) is 0. The van der Waals surface area contributed by atoms with Gasteiger partial charge >= 0.3 is 0 Å². The van der Waals surface area contributed by atoms with Crippen molar-refractivity contribution in [1.82, 2.24) is 19.3 Å². The predicted molar refractivity (Wildman–Crippen MR) is 172 cm³/mol. The maximum Gasteiger partial charge on any atom is 0.0762 e. The molecule has 0 amide bonds. The van der Waals surface area contributed by atoms with Crippen LogP contribution in [0.4, 0.5) is 0 Å². The van der Waals surface area contributed by atoms with Crippen LogP contribution in [-0.4, -0.2) is 19.3 Å². The van der Waals surface area contributed by atoms with Crippen LogP contribution < -0.4 is 0 Å². The van der Waals surface area contributed by atoms with E-state index in [1.54, 1.807) is 0 Å². The number of benzene rings is 5. The molecule has 0 fully saturated rings. The minimum Gasteiger partial charge on any atom is -0.354 e. The van der Waals surface area contributed by atoms with Crippen molar-refractivity contribution in [3.8, 4) is 16.8 Å². The van der Waals surface area contributed by atoms with Gasteiger partial charge in [-0.15, -0.1) is 0 Å². The molecule has 194 valence electrons. The number of H-pyrrole nitrogens is 1. The highest BCUT2D eigenvalue weighted by Crippen LogP contribution is 2.38. The van der Waals surface area contributed by atoms with Crippen LogP contribution in [0.1, 0.15) is 12.8 Å². The van der Waals surface area contributed by atoms with E-state index in [-0.39, 0.29) is 0 Å². The summed E-state index contributed by atoms with van der Waals surface area (Å²) in [6.07, 6.45) is 11.1. The summed E-state index contributed by atoms with van der Waals surface area (Å²) in [7, 11) is 0. The van der Waals surface area contributed by atoms with Crippen LogP contribution >= 0.6 is 0 Å². The molecule has 0 atom stereocenters. The van der Waals surface area contributed by atoms with Crippen molar-refractivity contribution in [3.63, 3.8) is 0 Å². The third-order valence-corrected chi connectivity index (χ3v) is 8.56. The Bertz CT molecular complexity index is 2360. The van der Waals surface area contributed by atoms with Crippen molar-refractivity contribution in [1.29, 1.82) is 0 Å². The molecule has 1 aliphatic rings. The number of rotatable bonds is 3. The highest BCUT2D eigenvalue weighted by molar-refractivity contribution is 6.17. The number of hydrogen-bond donors (Lipinski definition) is 1. The lowest BCUT2D eigenvalue weighted by molar-refractivity contribution is 0.911. The summed E-state index contributed by atoms with van der Waals surface area (Å²) < 4.78 is 4.42. The van der Waals surface area contributed by atoms with Gasteiger partial charge < -0.3 is 9.55 Å². The molecular formula is C37H26N4. The average Bonchev–Trinajstić information content (AvgIpc) is 3.73. The molecule has 1 aliphatic carbocycles. The predicted octanol–water partition coefficient (Wildman–Crippen LogP) is 9.63. The zero-order chi connectivity index (χ0) is 26.9. The molecule has 5 aromatic carbocycles. The van der Waals surface area contributed by atoms with Gasteiger partial charge in [0.2, 0.25) is 0 Å². The molecule has 3 aromatic heterocycles. The minimum atomic E-state index is 1.06. The molecule has 4 nitrogen and oxygen atoms in total. The summed E-state index contributed by atoms with van der Waals surface area (Å²) in [4.78, 5) is 3.74. The zero-order valence-corrected chi connectivity index (χ0v) is 22.4. The molecule has 0 spiro atoms. The number of nitrogens with zero attached hydrogens (tertiary/aromatic N) is 3. The first kappa shape index (κ1) is 22.5. The van der Waals surface area contributed by atoms with Crippen molar-refractivity contribution < 1.29 is 0 Å². The summed E-state index contributed by atoms with van der Waals surface area (Å²) in [6, 6.07) is 37.1. The van der Waals surface area contributed by atoms with Crippen molar-refractivity contribution >= 4 is 60.2 Å². The second-order valence-corrected chi connectivity index (χ2v) is 10.9. The second-order valence-electron chi connectivity index (χ2n) is 10.9. The summed E-state index contributed by atoms with van der Waals surface area (Å²) in [5, 5.41) is 10.9. The maximum absolute atomic E-state index is 4.73. The summed E-state index contributed by atoms with van der Waals surface area (Å²) in [6.45, 7) is 0. The van der Waals surface area contributed by atoms with Crippen molar-refractivity contribution in [2.24, 2.45) is 0 Å². The minimum absolute atomic E-state index is 1.06. The van der Waals surface area contributed by atoms with Crippen LogP contribution in [0.25, 0.3) is 77.0 Å². The average molecular weight is 527 g/mol. The summed E-state index contributed by atoms with van der Waals surface area (Å²) >= 11 is 0. The fraction of sp³-hybridized carbons (Fsp3) is 0.0541. The molecule has 0 unspecified atom stereocenters. The topological polar surface area (TPSA) is 38.5 Å². The molecule has 0 radical (unpaired) electrons. The lowest BCUT2D eigenvalue weighted by atomic mass is 10.0. The van der Waals surface area contributed by atoms with E-state index in [9.17, 15) is 0 Å². The molecule has 0 bridgehead atoms. The third-order valence-electron chi connectivity index (χ3n) is 8.56. The smallest absolute Gasteiger partial charge is 0.0762 e. The number of aromatic amines is 1. The van der Waals surface area contributed by atoms with Gasteiger partial charge in [0, 0.05) is 38.1 Å². The van der Waals surface area contributed by atoms with Crippen molar-refractivity contribution in [2.45, 2.75) is 12.8 Å². The van der Waals surface area contributed by atoms with E-state index in [1.165, 1.54) is 49.4 Å². The Balaban J connectivity index is 1.20. The second kappa shape index (κ2) is 8.57. The molecule has 0 saturated heterocycles. The fourth-order valence-electron chi connectivity index (χ4n) is 6.63. The SMILES string of the molecule is C1=CC(n2c3ccccc3c3cc(-c4ccc5c(c4)[nH]c4c5ccc5c4cnn5-c4ccccc4)ccc32)=CCC1. The molecule has 0 aliphatic heterocycles. The highest BCUT2D eigenvalue weighted by Gasteiger charge is 2.16. The quantitative estimate of drug-likeness (QED) is 0.245. The van der Waals surface area contributed by atoms with E-state index in [0.29, 0.717) is 0 Å². The molecule has 1 N–H and O–H groups in total. The Hall–Kier alpha value is -5.35. The standard InChI is InChI=1S/C37H26N4/c1-3-9-26(10-4-1)40-34-14-8-7-13-29(34)31-21-24(16-19-35(31)40)25-15-17-28-30-18-20-36-32(37(30)39-33(28)22-25)23-38-41(36)27-11-5-2-6-12-27/h2-3,5-23,39H,1,4H2. The number of hydrogen-bond acceptors (Lipinski definition) is 1. The van der Waals surface area contributed by atoms with Gasteiger partial charge in [-0.1, -0.05) is 72.8 Å². The van der Waals surface area contributed by atoms with Gasteiger partial charge in [0.1, 0.15) is 0 Å². The maximum atomic E-state index is 4.73. The van der Waals surface area contributed by atoms with E-state index < -0.39 is 0 Å². The Morgan fingerprint density at radius 2 is 1.39 bits per heavy atom. The lowest BCUT2D eigenvalue weighted by Crippen LogP contribution is -1.96. The number of allylic oxidation sites excluding steroid dienone is 4. The van der Waals surface area contributed by atoms with E-state index in [1.807, 2.05) is 29.1 Å². The van der Waals surface area contributed by atoms with Crippen LogP contribution in [-0.2, 0) is 0 Å². The van der Waals surface area contributed by atoms with Gasteiger partial charge in [-0.05, 0) is 72.5 Å². The zero-order valence-electron chi connectivity index (χ0n) is 22.4. The Labute approximate surface area is 236 Å². The first-order valence-corrected chi connectivity index (χ1v) is 14.2. The van der Waals surface area contributed by atoms with Crippen molar-refractivity contribution in [2.75, 3.05) is 0 Å². The molecule has 0 saturated carbocycles. The molecule has 8 aromatic rings. The van der Waals surface area contributed by atoms with E-state index in [2.05, 4.69) is 113 Å². The molecule has 9 rings (SSSR count). The fourth-order valence-corrected chi connectivity index (χ4v) is 6.63. The molecule has 41 heavy (non-hydrogen) atoms. The van der Waals surface area contributed by atoms with Crippen LogP contribution in [0.3, 0.4) is 0 Å². The van der Waals surface area contributed by atoms with Crippen LogP contribution in [0.2, 0.25) is 0 Å². The van der Waals surface area contributed by atoms with Gasteiger partial charge in [0.15, 0.2) is 0 Å². The van der Waals surface area contributed by atoms with Gasteiger partial charge in [-0.25, -0.2) is 4.68 Å². The first-order chi connectivity index (χ1) is 20.3. The van der Waals surface area contributed by atoms with Crippen LogP contribution in [0.15, 0.2) is 128 Å². The molecule has 4 heteroatoms. The van der Waals surface area contributed by atoms with Crippen LogP contribution in [0, 0.1) is 0 Å². The largest absolute Gasteiger partial charge is 0.354 e. The number of nitrogens with one attached hydrogen (secondary N) is 1. The molecule has 3 heterocycles. The van der Waals surface area contributed by atoms with Gasteiger partial charge in [0.25, 0.3) is 0 Å². The number of aromatic nitrogens is 4. The third kappa shape index (κ3) is 3.31. The summed E-state index contributed by atoms with van der Waals surface area (Å²) in [5.41, 5.74) is 10.6. The first-order valence-electron chi connectivity index (χ1n) is 14.2. The van der Waals surface area contributed by atoms with Crippen LogP contribution in [0.5, 0.6) is 0 Å². The highest BCUT2D eigenvalue weighted by atomic mass is 15.3. The van der Waals surface area contributed by atoms with Gasteiger partial charge in [0.05, 0.1) is 34.0 Å². The Kier molecular flexibility index (Phi) is 4.70. The lowest BCUT2D eigenvalue weighted by Gasteiger charge is -2.12. The van der Waals surface area contributed by atoms with Crippen molar-refractivity contribution in [3.05, 3.63) is 128 Å². The van der Waals surface area contributed by atoms with E-state index in [0.717, 1.165) is 40.5 Å². The van der Waals surface area contributed by atoms with E-state index in [4.69, 9.17) is 5.10 Å². The van der Waals surface area contributed by atoms with Gasteiger partial charge in [-0.3, -0.25) is 0 Å².